The second kappa shape index (κ2) is 9.61. The molecule has 0 aliphatic carbocycles. The van der Waals surface area contributed by atoms with E-state index < -0.39 is 17.6 Å². The van der Waals surface area contributed by atoms with Gasteiger partial charge in [0.25, 0.3) is 11.5 Å². The molecule has 0 saturated heterocycles. The Morgan fingerprint density at radius 2 is 1.89 bits per heavy atom. The highest BCUT2D eigenvalue weighted by Gasteiger charge is 2.37. The van der Waals surface area contributed by atoms with Gasteiger partial charge in [-0.3, -0.25) is 14.2 Å². The largest absolute Gasteiger partial charge is 0.459 e. The molecular formula is C28H24ClN3O4S. The van der Waals surface area contributed by atoms with Crippen LogP contribution in [0, 0.1) is 0 Å². The third-order valence-electron chi connectivity index (χ3n) is 6.21. The van der Waals surface area contributed by atoms with Crippen LogP contribution in [-0.2, 0) is 14.3 Å². The van der Waals surface area contributed by atoms with Crippen LogP contribution in [0.25, 0.3) is 5.57 Å². The molecule has 0 saturated carbocycles. The Morgan fingerprint density at radius 3 is 2.57 bits per heavy atom. The number of allylic oxidation sites excluding steroid dienone is 1. The maximum Gasteiger partial charge on any atom is 0.338 e. The molecule has 0 spiro atoms. The molecule has 2 aliphatic rings. The van der Waals surface area contributed by atoms with E-state index in [0.29, 0.717) is 38.8 Å². The SMILES string of the molecule is C=CCN1C(=O)C(=c2sc3n(c2=O)C(c2ccc(Cl)cc2)C(C(=O)OC(C)C)=C(C)N=3)c2ccccc21. The average Bonchev–Trinajstić information content (AvgIpc) is 3.31. The fourth-order valence-electron chi connectivity index (χ4n) is 4.68. The third kappa shape index (κ3) is 4.16. The third-order valence-corrected chi connectivity index (χ3v) is 7.51. The van der Waals surface area contributed by atoms with Gasteiger partial charge in [-0.05, 0) is 44.5 Å². The number of rotatable bonds is 5. The molecule has 37 heavy (non-hydrogen) atoms. The van der Waals surface area contributed by atoms with Gasteiger partial charge in [0.1, 0.15) is 4.53 Å². The lowest BCUT2D eigenvalue weighted by atomic mass is 9.96. The number of anilines is 1. The van der Waals surface area contributed by atoms with Crippen LogP contribution in [0.1, 0.15) is 37.9 Å². The van der Waals surface area contributed by atoms with E-state index in [9.17, 15) is 14.4 Å². The Kier molecular flexibility index (Phi) is 6.47. The first-order valence-corrected chi connectivity index (χ1v) is 13.0. The van der Waals surface area contributed by atoms with Crippen LogP contribution in [0.3, 0.4) is 0 Å². The smallest absolute Gasteiger partial charge is 0.338 e. The molecule has 0 N–H and O–H groups in total. The van der Waals surface area contributed by atoms with E-state index in [1.165, 1.54) is 4.57 Å². The van der Waals surface area contributed by atoms with Crippen molar-refractivity contribution in [3.05, 3.63) is 108 Å². The maximum absolute atomic E-state index is 14.1. The highest BCUT2D eigenvalue weighted by Crippen LogP contribution is 2.35. The van der Waals surface area contributed by atoms with Gasteiger partial charge in [0.15, 0.2) is 4.80 Å². The van der Waals surface area contributed by atoms with E-state index in [1.807, 2.05) is 24.3 Å². The quantitative estimate of drug-likeness (QED) is 0.369. The number of aromatic nitrogens is 1. The van der Waals surface area contributed by atoms with Crippen molar-refractivity contribution >= 4 is 46.1 Å². The molecule has 0 bridgehead atoms. The molecule has 3 aromatic rings. The first kappa shape index (κ1) is 24.9. The van der Waals surface area contributed by atoms with Crippen LogP contribution in [0.2, 0.25) is 5.02 Å². The molecule has 9 heteroatoms. The fraction of sp³-hybridized carbons (Fsp3) is 0.214. The van der Waals surface area contributed by atoms with Gasteiger partial charge in [0.2, 0.25) is 0 Å². The highest BCUT2D eigenvalue weighted by molar-refractivity contribution is 7.07. The number of fused-ring (bicyclic) bond motifs is 2. The van der Waals surface area contributed by atoms with Crippen molar-refractivity contribution in [2.24, 2.45) is 4.99 Å². The molecule has 1 aromatic heterocycles. The van der Waals surface area contributed by atoms with Crippen LogP contribution in [0.15, 0.2) is 82.2 Å². The predicted molar refractivity (Wildman–Crippen MR) is 144 cm³/mol. The average molecular weight is 534 g/mol. The normalized spacial score (nSPS) is 18.0. The Morgan fingerprint density at radius 1 is 1.19 bits per heavy atom. The van der Waals surface area contributed by atoms with Crippen molar-refractivity contribution in [3.63, 3.8) is 0 Å². The summed E-state index contributed by atoms with van der Waals surface area (Å²) < 4.78 is 7.28. The molecule has 5 rings (SSSR count). The molecular weight excluding hydrogens is 510 g/mol. The monoisotopic (exact) mass is 533 g/mol. The van der Waals surface area contributed by atoms with Crippen molar-refractivity contribution in [2.45, 2.75) is 32.9 Å². The summed E-state index contributed by atoms with van der Waals surface area (Å²) in [5, 5.41) is 0.529. The summed E-state index contributed by atoms with van der Waals surface area (Å²) in [7, 11) is 0. The highest BCUT2D eigenvalue weighted by atomic mass is 35.5. The molecule has 0 fully saturated rings. The van der Waals surface area contributed by atoms with Crippen molar-refractivity contribution < 1.29 is 14.3 Å². The Hall–Kier alpha value is -3.75. The number of hydrogen-bond acceptors (Lipinski definition) is 6. The zero-order valence-corrected chi connectivity index (χ0v) is 22.1. The summed E-state index contributed by atoms with van der Waals surface area (Å²) in [5.74, 6) is -0.821. The minimum Gasteiger partial charge on any atom is -0.459 e. The van der Waals surface area contributed by atoms with Crippen molar-refractivity contribution in [1.82, 2.24) is 4.57 Å². The van der Waals surface area contributed by atoms with Gasteiger partial charge in [0.05, 0.1) is 34.7 Å². The number of halogens is 1. The summed E-state index contributed by atoms with van der Waals surface area (Å²) in [6.45, 7) is 9.33. The number of nitrogens with zero attached hydrogens (tertiary/aromatic N) is 3. The number of hydrogen-bond donors (Lipinski definition) is 0. The number of carbonyl (C=O) groups is 2. The van der Waals surface area contributed by atoms with Gasteiger partial charge in [-0.25, -0.2) is 9.79 Å². The summed E-state index contributed by atoms with van der Waals surface area (Å²) in [5.41, 5.74) is 2.73. The molecule has 0 radical (unpaired) electrons. The number of ether oxygens (including phenoxy) is 1. The molecule has 7 nitrogen and oxygen atoms in total. The number of amides is 1. The van der Waals surface area contributed by atoms with E-state index in [-0.39, 0.29) is 22.1 Å². The standard InChI is InChI=1S/C28H24ClN3O4S/c1-5-14-31-20-9-7-6-8-19(20)22(25(31)33)24-26(34)32-23(17-10-12-18(29)13-11-17)21(27(35)36-15(2)3)16(4)30-28(32)37-24/h5-13,15,23H,1,14H2,2-4H3. The van der Waals surface area contributed by atoms with E-state index in [0.717, 1.165) is 17.0 Å². The maximum atomic E-state index is 14.1. The minimum atomic E-state index is -0.787. The lowest BCUT2D eigenvalue weighted by Gasteiger charge is -2.25. The van der Waals surface area contributed by atoms with Gasteiger partial charge in [-0.2, -0.15) is 0 Å². The summed E-state index contributed by atoms with van der Waals surface area (Å²) in [6.07, 6.45) is 1.30. The van der Waals surface area contributed by atoms with Crippen molar-refractivity contribution in [3.8, 4) is 0 Å². The molecule has 1 amide bonds. The number of thiazole rings is 1. The zero-order valence-electron chi connectivity index (χ0n) is 20.5. The van der Waals surface area contributed by atoms with Crippen LogP contribution >= 0.6 is 22.9 Å². The lowest BCUT2D eigenvalue weighted by Crippen LogP contribution is -2.41. The minimum absolute atomic E-state index is 0.270. The number of esters is 1. The van der Waals surface area contributed by atoms with Crippen molar-refractivity contribution in [1.29, 1.82) is 0 Å². The topological polar surface area (TPSA) is 81.0 Å². The number of para-hydroxylation sites is 1. The van der Waals surface area contributed by atoms with E-state index in [1.54, 1.807) is 56.0 Å². The van der Waals surface area contributed by atoms with Gasteiger partial charge in [-0.15, -0.1) is 6.58 Å². The first-order chi connectivity index (χ1) is 17.7. The molecule has 2 aromatic carbocycles. The van der Waals surface area contributed by atoms with Gasteiger partial charge < -0.3 is 9.64 Å². The predicted octanol–water partition coefficient (Wildman–Crippen LogP) is 3.74. The molecule has 3 heterocycles. The summed E-state index contributed by atoms with van der Waals surface area (Å²) in [4.78, 5) is 47.5. The lowest BCUT2D eigenvalue weighted by molar-refractivity contribution is -0.143. The fourth-order valence-corrected chi connectivity index (χ4v) is 5.94. The first-order valence-electron chi connectivity index (χ1n) is 11.8. The van der Waals surface area contributed by atoms with Crippen LogP contribution in [-0.4, -0.2) is 29.1 Å². The molecule has 1 atom stereocenters. The van der Waals surface area contributed by atoms with Crippen molar-refractivity contribution in [2.75, 3.05) is 11.4 Å². The van der Waals surface area contributed by atoms with Gasteiger partial charge in [-0.1, -0.05) is 59.3 Å². The second-order valence-electron chi connectivity index (χ2n) is 9.00. The Balaban J connectivity index is 1.80. The van der Waals surface area contributed by atoms with Crippen LogP contribution < -0.4 is 19.8 Å². The molecule has 1 unspecified atom stereocenters. The summed E-state index contributed by atoms with van der Waals surface area (Å²) >= 11 is 7.27. The Labute approximate surface area is 222 Å². The Bertz CT molecular complexity index is 1660. The van der Waals surface area contributed by atoms with Gasteiger partial charge in [0, 0.05) is 17.1 Å². The van der Waals surface area contributed by atoms with Gasteiger partial charge >= 0.3 is 5.97 Å². The van der Waals surface area contributed by atoms with E-state index in [2.05, 4.69) is 11.6 Å². The molecule has 188 valence electrons. The number of carbonyl (C=O) groups excluding carboxylic acids is 2. The zero-order chi connectivity index (χ0) is 26.4. The van der Waals surface area contributed by atoms with E-state index >= 15 is 0 Å². The second-order valence-corrected chi connectivity index (χ2v) is 10.4. The summed E-state index contributed by atoms with van der Waals surface area (Å²) in [6, 6.07) is 13.5. The van der Waals surface area contributed by atoms with Crippen LogP contribution in [0.5, 0.6) is 0 Å². The van der Waals surface area contributed by atoms with E-state index in [4.69, 9.17) is 16.3 Å². The number of benzene rings is 2. The molecule has 2 aliphatic heterocycles. The van der Waals surface area contributed by atoms with Crippen LogP contribution in [0.4, 0.5) is 5.69 Å².